The maximum absolute atomic E-state index is 11.6. The number of carbonyl (C=O) groups is 1. The van der Waals surface area contributed by atoms with Crippen LogP contribution < -0.4 is 4.80 Å². The van der Waals surface area contributed by atoms with E-state index in [-0.39, 0.29) is 11.5 Å². The first-order valence-electron chi connectivity index (χ1n) is 7.00. The average Bonchev–Trinajstić information content (AvgIpc) is 3.00. The van der Waals surface area contributed by atoms with Gasteiger partial charge in [-0.2, -0.15) is 5.10 Å². The number of hydrogen-bond acceptors (Lipinski definition) is 6. The van der Waals surface area contributed by atoms with Crippen molar-refractivity contribution < 1.29 is 9.72 Å². The molecule has 0 N–H and O–H groups in total. The first-order chi connectivity index (χ1) is 11.5. The molecule has 24 heavy (non-hydrogen) atoms. The van der Waals surface area contributed by atoms with Crippen molar-refractivity contribution in [2.24, 2.45) is 4.99 Å². The van der Waals surface area contributed by atoms with E-state index in [1.807, 2.05) is 30.3 Å². The summed E-state index contributed by atoms with van der Waals surface area (Å²) < 4.78 is 1.51. The molecule has 120 valence electrons. The summed E-state index contributed by atoms with van der Waals surface area (Å²) in [5, 5.41) is 15.4. The number of carbonyl (C=O) groups excluding carboxylic acids is 1. The van der Waals surface area contributed by atoms with Gasteiger partial charge in [0.25, 0.3) is 5.69 Å². The Morgan fingerprint density at radius 2 is 1.83 bits per heavy atom. The molecular weight excluding hydrogens is 328 g/mol. The molecule has 3 rings (SSSR count). The SMILES string of the molecule is CC(=O)c1nn(-c2ccc([N+](=O)[O-])cc2)c(=Nc2ccccc2)s1. The largest absolute Gasteiger partial charge is 0.292 e. The van der Waals surface area contributed by atoms with Gasteiger partial charge in [0.15, 0.2) is 10.8 Å². The minimum absolute atomic E-state index is 0.0112. The lowest BCUT2D eigenvalue weighted by atomic mass is 10.3. The van der Waals surface area contributed by atoms with E-state index >= 15 is 0 Å². The van der Waals surface area contributed by atoms with Crippen molar-refractivity contribution in [1.29, 1.82) is 0 Å². The number of benzene rings is 2. The first-order valence-corrected chi connectivity index (χ1v) is 7.82. The molecule has 0 saturated heterocycles. The Balaban J connectivity index is 2.14. The highest BCUT2D eigenvalue weighted by Gasteiger charge is 2.12. The fraction of sp³-hybridized carbons (Fsp3) is 0.0625. The van der Waals surface area contributed by atoms with Crippen molar-refractivity contribution in [3.05, 3.63) is 74.5 Å². The molecule has 0 amide bonds. The second-order valence-corrected chi connectivity index (χ2v) is 5.83. The number of nitro benzene ring substituents is 1. The van der Waals surface area contributed by atoms with Gasteiger partial charge >= 0.3 is 0 Å². The molecule has 0 aliphatic heterocycles. The number of nitro groups is 1. The van der Waals surface area contributed by atoms with Crippen molar-refractivity contribution >= 4 is 28.5 Å². The standard InChI is InChI=1S/C16H12N4O3S/c1-11(21)15-18-19(13-7-9-14(10-8-13)20(22)23)16(24-15)17-12-5-3-2-4-6-12/h2-10H,1H3. The molecule has 0 aliphatic rings. The van der Waals surface area contributed by atoms with Crippen LogP contribution in [0.2, 0.25) is 0 Å². The lowest BCUT2D eigenvalue weighted by Gasteiger charge is -2.00. The van der Waals surface area contributed by atoms with Crippen LogP contribution >= 0.6 is 11.3 Å². The molecule has 3 aromatic rings. The Morgan fingerprint density at radius 1 is 1.17 bits per heavy atom. The third-order valence-corrected chi connectivity index (χ3v) is 4.16. The average molecular weight is 340 g/mol. The third-order valence-electron chi connectivity index (χ3n) is 3.15. The maximum Gasteiger partial charge on any atom is 0.269 e. The lowest BCUT2D eigenvalue weighted by Crippen LogP contribution is -2.14. The summed E-state index contributed by atoms with van der Waals surface area (Å²) in [4.78, 5) is 27.0. The zero-order valence-corrected chi connectivity index (χ0v) is 13.4. The summed E-state index contributed by atoms with van der Waals surface area (Å²) in [5.41, 5.74) is 1.31. The summed E-state index contributed by atoms with van der Waals surface area (Å²) in [6, 6.07) is 15.2. The number of Topliss-reactive ketones (excluding diaryl/α,β-unsaturated/α-hetero) is 1. The smallest absolute Gasteiger partial charge is 0.269 e. The molecule has 0 radical (unpaired) electrons. The van der Waals surface area contributed by atoms with Gasteiger partial charge in [-0.3, -0.25) is 14.9 Å². The molecular formula is C16H12N4O3S. The number of rotatable bonds is 4. The molecule has 2 aromatic carbocycles. The Hall–Kier alpha value is -3.13. The Kier molecular flexibility index (Phi) is 4.30. The normalized spacial score (nSPS) is 11.5. The Morgan fingerprint density at radius 3 is 2.42 bits per heavy atom. The summed E-state index contributed by atoms with van der Waals surface area (Å²) in [6.07, 6.45) is 0. The van der Waals surface area contributed by atoms with Crippen LogP contribution in [0.5, 0.6) is 0 Å². The van der Waals surface area contributed by atoms with Crippen LogP contribution in [0.4, 0.5) is 11.4 Å². The van der Waals surface area contributed by atoms with Gasteiger partial charge in [-0.25, -0.2) is 9.67 Å². The van der Waals surface area contributed by atoms with Crippen LogP contribution in [-0.4, -0.2) is 20.5 Å². The second kappa shape index (κ2) is 6.55. The van der Waals surface area contributed by atoms with E-state index in [1.165, 1.54) is 35.1 Å². The van der Waals surface area contributed by atoms with Crippen LogP contribution in [0, 0.1) is 10.1 Å². The zero-order chi connectivity index (χ0) is 17.1. The lowest BCUT2D eigenvalue weighted by molar-refractivity contribution is -0.384. The van der Waals surface area contributed by atoms with E-state index in [0.717, 1.165) is 5.69 Å². The predicted octanol–water partition coefficient (Wildman–Crippen LogP) is 3.28. The summed E-state index contributed by atoms with van der Waals surface area (Å²) >= 11 is 1.17. The van der Waals surface area contributed by atoms with Gasteiger partial charge in [0, 0.05) is 19.1 Å². The van der Waals surface area contributed by atoms with Crippen molar-refractivity contribution in [3.8, 4) is 5.69 Å². The maximum atomic E-state index is 11.6. The van der Waals surface area contributed by atoms with Gasteiger partial charge in [0.1, 0.15) is 0 Å². The molecule has 0 bridgehead atoms. The van der Waals surface area contributed by atoms with Gasteiger partial charge in [-0.1, -0.05) is 29.5 Å². The van der Waals surface area contributed by atoms with Gasteiger partial charge < -0.3 is 0 Å². The van der Waals surface area contributed by atoms with Crippen LogP contribution in [0.15, 0.2) is 59.6 Å². The van der Waals surface area contributed by atoms with Crippen LogP contribution in [-0.2, 0) is 0 Å². The number of non-ortho nitro benzene ring substituents is 1. The number of hydrogen-bond donors (Lipinski definition) is 0. The fourth-order valence-corrected chi connectivity index (χ4v) is 2.82. The van der Waals surface area contributed by atoms with Crippen molar-refractivity contribution in [3.63, 3.8) is 0 Å². The molecule has 0 atom stereocenters. The highest BCUT2D eigenvalue weighted by Crippen LogP contribution is 2.16. The molecule has 0 spiro atoms. The van der Waals surface area contributed by atoms with Gasteiger partial charge in [-0.05, 0) is 24.3 Å². The highest BCUT2D eigenvalue weighted by atomic mass is 32.1. The zero-order valence-electron chi connectivity index (χ0n) is 12.6. The number of nitrogens with zero attached hydrogens (tertiary/aromatic N) is 4. The van der Waals surface area contributed by atoms with Gasteiger partial charge in [0.2, 0.25) is 4.80 Å². The predicted molar refractivity (Wildman–Crippen MR) is 89.8 cm³/mol. The molecule has 1 aromatic heterocycles. The van der Waals surface area contributed by atoms with Gasteiger partial charge in [0.05, 0.1) is 16.3 Å². The van der Waals surface area contributed by atoms with Crippen molar-refractivity contribution in [1.82, 2.24) is 9.78 Å². The number of ketones is 1. The monoisotopic (exact) mass is 340 g/mol. The Bertz CT molecular complexity index is 959. The van der Waals surface area contributed by atoms with E-state index in [1.54, 1.807) is 12.1 Å². The van der Waals surface area contributed by atoms with Crippen molar-refractivity contribution in [2.75, 3.05) is 0 Å². The Labute approximate surface area is 140 Å². The summed E-state index contributed by atoms with van der Waals surface area (Å²) in [6.45, 7) is 1.44. The number of aromatic nitrogens is 2. The van der Waals surface area contributed by atoms with Crippen LogP contribution in [0.1, 0.15) is 16.7 Å². The first kappa shape index (κ1) is 15.8. The second-order valence-electron chi connectivity index (χ2n) is 4.88. The van der Waals surface area contributed by atoms with Crippen LogP contribution in [0.25, 0.3) is 5.69 Å². The summed E-state index contributed by atoms with van der Waals surface area (Å²) in [5.74, 6) is -0.162. The fourth-order valence-electron chi connectivity index (χ4n) is 1.99. The molecule has 0 saturated carbocycles. The van der Waals surface area contributed by atoms with Gasteiger partial charge in [-0.15, -0.1) is 0 Å². The molecule has 8 heteroatoms. The molecule has 0 unspecified atom stereocenters. The topological polar surface area (TPSA) is 90.4 Å². The quantitative estimate of drug-likeness (QED) is 0.414. The summed E-state index contributed by atoms with van der Waals surface area (Å²) in [7, 11) is 0. The van der Waals surface area contributed by atoms with E-state index in [0.29, 0.717) is 15.5 Å². The van der Waals surface area contributed by atoms with E-state index in [9.17, 15) is 14.9 Å². The molecule has 0 aliphatic carbocycles. The highest BCUT2D eigenvalue weighted by molar-refractivity contribution is 7.11. The van der Waals surface area contributed by atoms with E-state index in [2.05, 4.69) is 10.1 Å². The van der Waals surface area contributed by atoms with E-state index in [4.69, 9.17) is 0 Å². The van der Waals surface area contributed by atoms with E-state index < -0.39 is 4.92 Å². The molecule has 0 fully saturated rings. The molecule has 1 heterocycles. The van der Waals surface area contributed by atoms with Crippen molar-refractivity contribution in [2.45, 2.75) is 6.92 Å². The number of para-hydroxylation sites is 1. The third kappa shape index (κ3) is 3.28. The molecule has 7 nitrogen and oxygen atoms in total. The minimum atomic E-state index is -0.467. The van der Waals surface area contributed by atoms with Crippen LogP contribution in [0.3, 0.4) is 0 Å². The minimum Gasteiger partial charge on any atom is -0.292 e.